The highest BCUT2D eigenvalue weighted by molar-refractivity contribution is 8.00. The van der Waals surface area contributed by atoms with E-state index in [0.717, 1.165) is 22.6 Å². The van der Waals surface area contributed by atoms with Crippen molar-refractivity contribution in [1.29, 1.82) is 0 Å². The second kappa shape index (κ2) is 7.31. The minimum absolute atomic E-state index is 0.0480. The molecule has 0 atom stereocenters. The van der Waals surface area contributed by atoms with Crippen molar-refractivity contribution >= 4 is 23.5 Å². The van der Waals surface area contributed by atoms with Crippen LogP contribution in [0.5, 0.6) is 5.75 Å². The van der Waals surface area contributed by atoms with Gasteiger partial charge in [-0.3, -0.25) is 0 Å². The highest BCUT2D eigenvalue weighted by Crippen LogP contribution is 2.39. The van der Waals surface area contributed by atoms with Crippen LogP contribution in [0.1, 0.15) is 79.0 Å². The minimum atomic E-state index is -0.0480. The average Bonchev–Trinajstić information content (AvgIpc) is 2.32. The summed E-state index contributed by atoms with van der Waals surface area (Å²) in [7, 11) is 0. The average molecular weight is 355 g/mol. The third kappa shape index (κ3) is 7.43. The Bertz CT molecular complexity index is 528. The summed E-state index contributed by atoms with van der Waals surface area (Å²) in [5.74, 6) is 2.32. The predicted molar refractivity (Wildman–Crippen MR) is 109 cm³/mol. The molecule has 0 aliphatic rings. The molecule has 0 bridgehead atoms. The van der Waals surface area contributed by atoms with Gasteiger partial charge < -0.3 is 5.11 Å². The number of hydrogen-bond acceptors (Lipinski definition) is 3. The van der Waals surface area contributed by atoms with Gasteiger partial charge in [0.05, 0.1) is 0 Å². The first-order chi connectivity index (χ1) is 10.2. The Balaban J connectivity index is 3.17. The number of benzene rings is 1. The Hall–Kier alpha value is -0.280. The van der Waals surface area contributed by atoms with E-state index in [1.807, 2.05) is 23.5 Å². The van der Waals surface area contributed by atoms with E-state index in [1.54, 1.807) is 0 Å². The summed E-state index contributed by atoms with van der Waals surface area (Å²) in [4.78, 5) is 0. The molecule has 0 spiro atoms. The lowest BCUT2D eigenvalue weighted by molar-refractivity contribution is 0.442. The smallest absolute Gasteiger partial charge is 0.123 e. The van der Waals surface area contributed by atoms with Gasteiger partial charge in [0.1, 0.15) is 5.75 Å². The molecule has 0 saturated heterocycles. The molecule has 0 fully saturated rings. The number of phenols is 1. The SMILES string of the molecule is CC(C)(C)SCc1cc(CSC(C)(C)C)c(O)c(C(C)(C)C)c1. The van der Waals surface area contributed by atoms with E-state index < -0.39 is 0 Å². The Morgan fingerprint density at radius 3 is 1.70 bits per heavy atom. The van der Waals surface area contributed by atoms with Gasteiger partial charge in [-0.1, -0.05) is 74.4 Å². The van der Waals surface area contributed by atoms with E-state index >= 15 is 0 Å². The van der Waals surface area contributed by atoms with Gasteiger partial charge in [-0.2, -0.15) is 23.5 Å². The van der Waals surface area contributed by atoms with Crippen LogP contribution in [0.2, 0.25) is 0 Å². The van der Waals surface area contributed by atoms with Crippen LogP contribution in [0.25, 0.3) is 0 Å². The van der Waals surface area contributed by atoms with Crippen molar-refractivity contribution in [2.45, 2.75) is 88.7 Å². The summed E-state index contributed by atoms with van der Waals surface area (Å²) in [6.07, 6.45) is 0. The van der Waals surface area contributed by atoms with Gasteiger partial charge in [0.15, 0.2) is 0 Å². The van der Waals surface area contributed by atoms with Gasteiger partial charge in [-0.05, 0) is 16.5 Å². The molecule has 0 aliphatic carbocycles. The maximum absolute atomic E-state index is 10.8. The van der Waals surface area contributed by atoms with Gasteiger partial charge in [0.25, 0.3) is 0 Å². The molecule has 1 nitrogen and oxygen atoms in total. The zero-order valence-electron chi connectivity index (χ0n) is 16.3. The summed E-state index contributed by atoms with van der Waals surface area (Å²) < 4.78 is 0.449. The molecule has 3 heteroatoms. The van der Waals surface area contributed by atoms with E-state index in [1.165, 1.54) is 5.56 Å². The standard InChI is InChI=1S/C20H34OS2/c1-18(2,3)16-11-14(12-22-19(4,5)6)10-15(17(16)21)13-23-20(7,8)9/h10-11,21H,12-13H2,1-9H3. The van der Waals surface area contributed by atoms with Crippen LogP contribution in [-0.4, -0.2) is 14.6 Å². The Labute approximate surface area is 152 Å². The van der Waals surface area contributed by atoms with Crippen molar-refractivity contribution in [3.63, 3.8) is 0 Å². The van der Waals surface area contributed by atoms with Gasteiger partial charge in [-0.25, -0.2) is 0 Å². The van der Waals surface area contributed by atoms with Crippen molar-refractivity contribution in [3.05, 3.63) is 28.8 Å². The first-order valence-electron chi connectivity index (χ1n) is 8.32. The first-order valence-corrected chi connectivity index (χ1v) is 10.3. The van der Waals surface area contributed by atoms with Crippen LogP contribution < -0.4 is 0 Å². The lowest BCUT2D eigenvalue weighted by Gasteiger charge is -2.25. The second-order valence-corrected chi connectivity index (χ2v) is 12.8. The summed E-state index contributed by atoms with van der Waals surface area (Å²) in [6, 6.07) is 4.39. The molecule has 1 aromatic carbocycles. The highest BCUT2D eigenvalue weighted by atomic mass is 32.2. The van der Waals surface area contributed by atoms with Gasteiger partial charge in [0, 0.05) is 26.6 Å². The molecule has 1 aromatic rings. The summed E-state index contributed by atoms with van der Waals surface area (Å²) in [5, 5.41) is 10.8. The molecule has 23 heavy (non-hydrogen) atoms. The maximum atomic E-state index is 10.8. The van der Waals surface area contributed by atoms with Crippen LogP contribution >= 0.6 is 23.5 Å². The van der Waals surface area contributed by atoms with Crippen LogP contribution in [0.15, 0.2) is 12.1 Å². The molecule has 0 radical (unpaired) electrons. The minimum Gasteiger partial charge on any atom is -0.507 e. The zero-order valence-corrected chi connectivity index (χ0v) is 18.0. The molecule has 0 aliphatic heterocycles. The van der Waals surface area contributed by atoms with Crippen molar-refractivity contribution < 1.29 is 5.11 Å². The van der Waals surface area contributed by atoms with Crippen LogP contribution in [0, 0.1) is 0 Å². The summed E-state index contributed by atoms with van der Waals surface area (Å²) >= 11 is 3.84. The van der Waals surface area contributed by atoms with Gasteiger partial charge in [0.2, 0.25) is 0 Å². The Morgan fingerprint density at radius 1 is 0.783 bits per heavy atom. The number of phenolic OH excluding ortho intramolecular Hbond substituents is 1. The zero-order chi connectivity index (χ0) is 18.1. The molecular formula is C20H34OS2. The number of aromatic hydroxyl groups is 1. The Morgan fingerprint density at radius 2 is 1.26 bits per heavy atom. The number of hydrogen-bond donors (Lipinski definition) is 1. The Kier molecular flexibility index (Phi) is 6.60. The molecule has 132 valence electrons. The van der Waals surface area contributed by atoms with E-state index in [9.17, 15) is 5.11 Å². The number of thioether (sulfide) groups is 2. The van der Waals surface area contributed by atoms with Crippen molar-refractivity contribution in [1.82, 2.24) is 0 Å². The van der Waals surface area contributed by atoms with E-state index in [4.69, 9.17) is 0 Å². The van der Waals surface area contributed by atoms with Crippen molar-refractivity contribution in [2.75, 3.05) is 0 Å². The fourth-order valence-electron chi connectivity index (χ4n) is 2.12. The van der Waals surface area contributed by atoms with Gasteiger partial charge in [-0.15, -0.1) is 0 Å². The van der Waals surface area contributed by atoms with Gasteiger partial charge >= 0.3 is 0 Å². The van der Waals surface area contributed by atoms with Crippen LogP contribution in [0.4, 0.5) is 0 Å². The van der Waals surface area contributed by atoms with Crippen molar-refractivity contribution in [3.8, 4) is 5.75 Å². The highest BCUT2D eigenvalue weighted by Gasteiger charge is 2.23. The third-order valence-corrected chi connectivity index (χ3v) is 6.05. The molecule has 0 heterocycles. The normalized spacial score (nSPS) is 13.4. The van der Waals surface area contributed by atoms with E-state index in [2.05, 4.69) is 74.4 Å². The fraction of sp³-hybridized carbons (Fsp3) is 0.700. The molecule has 0 amide bonds. The molecule has 0 saturated carbocycles. The molecule has 1 rings (SSSR count). The maximum Gasteiger partial charge on any atom is 0.123 e. The van der Waals surface area contributed by atoms with Crippen molar-refractivity contribution in [2.24, 2.45) is 0 Å². The monoisotopic (exact) mass is 354 g/mol. The number of rotatable bonds is 4. The largest absolute Gasteiger partial charge is 0.507 e. The molecule has 1 N–H and O–H groups in total. The van der Waals surface area contributed by atoms with E-state index in [0.29, 0.717) is 5.75 Å². The predicted octanol–water partition coefficient (Wildman–Crippen LogP) is 6.75. The second-order valence-electron chi connectivity index (χ2n) is 9.20. The third-order valence-electron chi connectivity index (χ3n) is 3.39. The lowest BCUT2D eigenvalue weighted by atomic mass is 9.84. The van der Waals surface area contributed by atoms with Crippen LogP contribution in [0.3, 0.4) is 0 Å². The first kappa shape index (κ1) is 20.8. The molecular weight excluding hydrogens is 320 g/mol. The quantitative estimate of drug-likeness (QED) is 0.645. The van der Waals surface area contributed by atoms with E-state index in [-0.39, 0.29) is 14.9 Å². The molecule has 0 unspecified atom stereocenters. The molecule has 0 aromatic heterocycles. The lowest BCUT2D eigenvalue weighted by Crippen LogP contribution is -2.14. The summed E-state index contributed by atoms with van der Waals surface area (Å²) in [6.45, 7) is 19.9. The summed E-state index contributed by atoms with van der Waals surface area (Å²) in [5.41, 5.74) is 3.40. The van der Waals surface area contributed by atoms with Crippen LogP contribution in [-0.2, 0) is 16.9 Å². The topological polar surface area (TPSA) is 20.2 Å². The fourth-order valence-corrected chi connectivity index (χ4v) is 3.69.